The van der Waals surface area contributed by atoms with Gasteiger partial charge in [-0.3, -0.25) is 4.90 Å². The molecule has 0 fully saturated rings. The lowest BCUT2D eigenvalue weighted by molar-refractivity contribution is -0.615. The van der Waals surface area contributed by atoms with Crippen LogP contribution in [0.4, 0.5) is 4.79 Å². The van der Waals surface area contributed by atoms with Crippen LogP contribution in [0.1, 0.15) is 62.0 Å². The summed E-state index contributed by atoms with van der Waals surface area (Å²) in [5.74, 6) is 0. The van der Waals surface area contributed by atoms with Crippen molar-refractivity contribution in [2.24, 2.45) is 0 Å². The van der Waals surface area contributed by atoms with Gasteiger partial charge in [-0.15, -0.1) is 0 Å². The third-order valence-electron chi connectivity index (χ3n) is 4.25. The molecule has 0 saturated heterocycles. The number of pyridine rings is 1. The molecule has 5 nitrogen and oxygen atoms in total. The summed E-state index contributed by atoms with van der Waals surface area (Å²) in [5.41, 5.74) is 3.49. The normalized spacial score (nSPS) is 20.4. The maximum Gasteiger partial charge on any atom is 0.411 e. The second-order valence-electron chi connectivity index (χ2n) is 6.99. The van der Waals surface area contributed by atoms with Crippen LogP contribution >= 0.6 is 0 Å². The minimum atomic E-state index is -0.503. The van der Waals surface area contributed by atoms with Crippen LogP contribution in [0.25, 0.3) is 0 Å². The quantitative estimate of drug-likeness (QED) is 0.545. The topological polar surface area (TPSA) is 56.5 Å². The number of ether oxygens (including phenoxy) is 1. The summed E-state index contributed by atoms with van der Waals surface area (Å²) in [6.07, 6.45) is 3.98. The summed E-state index contributed by atoms with van der Waals surface area (Å²) in [6, 6.07) is -0.00120. The third kappa shape index (κ3) is 2.34. The molecule has 1 aliphatic heterocycles. The highest BCUT2D eigenvalue weighted by atomic mass is 16.6. The van der Waals surface area contributed by atoms with Gasteiger partial charge in [0.25, 0.3) is 0 Å². The van der Waals surface area contributed by atoms with E-state index in [0.29, 0.717) is 6.54 Å². The predicted molar refractivity (Wildman–Crippen MR) is 77.6 cm³/mol. The molecule has 2 aliphatic rings. The maximum atomic E-state index is 12.4. The first-order valence-electron chi connectivity index (χ1n) is 7.52. The van der Waals surface area contributed by atoms with Gasteiger partial charge >= 0.3 is 6.09 Å². The van der Waals surface area contributed by atoms with Crippen LogP contribution in [0.5, 0.6) is 0 Å². The Labute approximate surface area is 125 Å². The minimum Gasteiger partial charge on any atom is -0.618 e. The van der Waals surface area contributed by atoms with Crippen LogP contribution in [0.15, 0.2) is 6.20 Å². The lowest BCUT2D eigenvalue weighted by Gasteiger charge is -2.30. The number of hydrogen-bond acceptors (Lipinski definition) is 3. The standard InChI is InChI=1S/C16H22N2O3/c1-10-8-18(20)13-7-5-6-12-14(13)11(10)9-17(12)15(19)21-16(2,3)4/h8,12H,5-7,9H2,1-4H3. The molecule has 0 spiro atoms. The molecule has 1 aliphatic carbocycles. The number of hydrogen-bond donors (Lipinski definition) is 0. The lowest BCUT2D eigenvalue weighted by Crippen LogP contribution is -2.39. The first kappa shape index (κ1) is 14.2. The molecular formula is C16H22N2O3. The van der Waals surface area contributed by atoms with Crippen LogP contribution in [0, 0.1) is 12.1 Å². The molecule has 1 aromatic rings. The second kappa shape index (κ2) is 4.61. The first-order chi connectivity index (χ1) is 9.78. The zero-order chi connectivity index (χ0) is 15.4. The average Bonchev–Trinajstić information content (AvgIpc) is 2.75. The van der Waals surface area contributed by atoms with Gasteiger partial charge in [-0.25, -0.2) is 4.79 Å². The van der Waals surface area contributed by atoms with Crippen molar-refractivity contribution in [3.8, 4) is 0 Å². The van der Waals surface area contributed by atoms with Crippen molar-refractivity contribution < 1.29 is 14.3 Å². The number of aromatic nitrogens is 1. The van der Waals surface area contributed by atoms with E-state index in [4.69, 9.17) is 4.74 Å². The van der Waals surface area contributed by atoms with Gasteiger partial charge in [-0.05, 0) is 46.1 Å². The first-order valence-corrected chi connectivity index (χ1v) is 7.52. The largest absolute Gasteiger partial charge is 0.618 e. The summed E-state index contributed by atoms with van der Waals surface area (Å²) in [4.78, 5) is 14.2. The Morgan fingerprint density at radius 1 is 1.48 bits per heavy atom. The van der Waals surface area contributed by atoms with Gasteiger partial charge in [-0.2, -0.15) is 4.73 Å². The molecule has 0 radical (unpaired) electrons. The number of rotatable bonds is 0. The fourth-order valence-electron chi connectivity index (χ4n) is 3.40. The summed E-state index contributed by atoms with van der Waals surface area (Å²) in [7, 11) is 0. The van der Waals surface area contributed by atoms with E-state index >= 15 is 0 Å². The molecule has 0 bridgehead atoms. The summed E-state index contributed by atoms with van der Waals surface area (Å²) in [6.45, 7) is 8.11. The molecule has 0 N–H and O–H groups in total. The van der Waals surface area contributed by atoms with Crippen molar-refractivity contribution >= 4 is 6.09 Å². The van der Waals surface area contributed by atoms with Gasteiger partial charge in [0, 0.05) is 17.5 Å². The van der Waals surface area contributed by atoms with Crippen LogP contribution < -0.4 is 4.73 Å². The third-order valence-corrected chi connectivity index (χ3v) is 4.25. The summed E-state index contributed by atoms with van der Waals surface area (Å²) in [5, 5.41) is 12.1. The molecule has 0 aromatic carbocycles. The highest BCUT2D eigenvalue weighted by Crippen LogP contribution is 2.43. The fraction of sp³-hybridized carbons (Fsp3) is 0.625. The molecule has 3 rings (SSSR count). The summed E-state index contributed by atoms with van der Waals surface area (Å²) >= 11 is 0. The van der Waals surface area contributed by atoms with Gasteiger partial charge in [-0.1, -0.05) is 0 Å². The number of carbonyl (C=O) groups excluding carboxylic acids is 1. The van der Waals surface area contributed by atoms with Gasteiger partial charge in [0.2, 0.25) is 0 Å². The van der Waals surface area contributed by atoms with Gasteiger partial charge in [0.05, 0.1) is 12.6 Å². The number of aryl methyl sites for hydroxylation is 1. The number of amides is 1. The molecule has 2 heterocycles. The number of nitrogens with zero attached hydrogens (tertiary/aromatic N) is 2. The smallest absolute Gasteiger partial charge is 0.411 e. The zero-order valence-corrected chi connectivity index (χ0v) is 13.1. The van der Waals surface area contributed by atoms with Gasteiger partial charge in [0.15, 0.2) is 11.9 Å². The van der Waals surface area contributed by atoms with E-state index in [-0.39, 0.29) is 12.1 Å². The molecular weight excluding hydrogens is 268 g/mol. The summed E-state index contributed by atoms with van der Waals surface area (Å²) < 4.78 is 6.51. The SMILES string of the molecule is Cc1c[n+]([O-])c2c3c1CN(C(=O)OC(C)(C)C)C3CCC2. The van der Waals surface area contributed by atoms with Crippen molar-refractivity contribution in [2.75, 3.05) is 0 Å². The van der Waals surface area contributed by atoms with Crippen molar-refractivity contribution in [2.45, 2.75) is 65.1 Å². The van der Waals surface area contributed by atoms with Crippen LogP contribution in [0.2, 0.25) is 0 Å². The maximum absolute atomic E-state index is 12.4. The van der Waals surface area contributed by atoms with Crippen LogP contribution in [-0.4, -0.2) is 16.6 Å². The van der Waals surface area contributed by atoms with E-state index in [1.807, 2.05) is 27.7 Å². The number of carbonyl (C=O) groups is 1. The van der Waals surface area contributed by atoms with E-state index in [2.05, 4.69) is 0 Å². The lowest BCUT2D eigenvalue weighted by atomic mass is 9.89. The molecule has 0 saturated carbocycles. The second-order valence-corrected chi connectivity index (χ2v) is 6.99. The van der Waals surface area contributed by atoms with Gasteiger partial charge < -0.3 is 9.94 Å². The highest BCUT2D eigenvalue weighted by Gasteiger charge is 2.42. The van der Waals surface area contributed by atoms with Crippen LogP contribution in [0.3, 0.4) is 0 Å². The Bertz CT molecular complexity index is 605. The molecule has 1 aromatic heterocycles. The molecule has 1 unspecified atom stereocenters. The average molecular weight is 290 g/mol. The molecule has 5 heteroatoms. The molecule has 114 valence electrons. The Morgan fingerprint density at radius 2 is 2.19 bits per heavy atom. The van der Waals surface area contributed by atoms with E-state index in [1.54, 1.807) is 11.1 Å². The van der Waals surface area contributed by atoms with E-state index in [1.165, 1.54) is 0 Å². The minimum absolute atomic E-state index is 0.00120. The predicted octanol–water partition coefficient (Wildman–Crippen LogP) is 2.76. The van der Waals surface area contributed by atoms with E-state index in [9.17, 15) is 10.0 Å². The Kier molecular flexibility index (Phi) is 3.11. The van der Waals surface area contributed by atoms with Crippen molar-refractivity contribution in [1.29, 1.82) is 0 Å². The Hall–Kier alpha value is -1.78. The van der Waals surface area contributed by atoms with Crippen molar-refractivity contribution in [3.05, 3.63) is 33.8 Å². The van der Waals surface area contributed by atoms with Gasteiger partial charge in [0.1, 0.15) is 5.60 Å². The van der Waals surface area contributed by atoms with Crippen molar-refractivity contribution in [1.82, 2.24) is 4.90 Å². The van der Waals surface area contributed by atoms with E-state index < -0.39 is 5.60 Å². The zero-order valence-electron chi connectivity index (χ0n) is 13.1. The molecule has 1 atom stereocenters. The molecule has 1 amide bonds. The Morgan fingerprint density at radius 3 is 2.86 bits per heavy atom. The van der Waals surface area contributed by atoms with Crippen molar-refractivity contribution in [3.63, 3.8) is 0 Å². The van der Waals surface area contributed by atoms with E-state index in [0.717, 1.165) is 46.4 Å². The van der Waals surface area contributed by atoms with Crippen LogP contribution in [-0.2, 0) is 17.7 Å². The Balaban J connectivity index is 1.98. The highest BCUT2D eigenvalue weighted by molar-refractivity contribution is 5.70. The molecule has 21 heavy (non-hydrogen) atoms. The monoisotopic (exact) mass is 290 g/mol. The fourth-order valence-corrected chi connectivity index (χ4v) is 3.40.